The average molecular weight is 340 g/mol. The Bertz CT molecular complexity index is 659. The van der Waals surface area contributed by atoms with Crippen molar-refractivity contribution in [1.29, 1.82) is 0 Å². The summed E-state index contributed by atoms with van der Waals surface area (Å²) in [5.41, 5.74) is 0.826. The number of ether oxygens (including phenoxy) is 1. The second-order valence-electron chi connectivity index (χ2n) is 5.21. The van der Waals surface area contributed by atoms with Crippen molar-refractivity contribution in [1.82, 2.24) is 15.0 Å². The Kier molecular flexibility index (Phi) is 5.57. The number of carboxylic acid groups (broad SMARTS) is 1. The molecular formula is C15H18ClN3O4. The molecule has 1 aliphatic rings. The van der Waals surface area contributed by atoms with Gasteiger partial charge in [0.2, 0.25) is 11.7 Å². The summed E-state index contributed by atoms with van der Waals surface area (Å²) in [6.45, 7) is 1.09. The van der Waals surface area contributed by atoms with E-state index in [0.717, 1.165) is 24.3 Å². The lowest BCUT2D eigenvalue weighted by molar-refractivity contribution is -0.142. The summed E-state index contributed by atoms with van der Waals surface area (Å²) < 4.78 is 10.3. The van der Waals surface area contributed by atoms with Crippen LogP contribution in [-0.4, -0.2) is 45.8 Å². The summed E-state index contributed by atoms with van der Waals surface area (Å²) >= 11 is 0. The molecule has 1 aliphatic heterocycles. The van der Waals surface area contributed by atoms with Gasteiger partial charge in [0.05, 0.1) is 13.7 Å². The Morgan fingerprint density at radius 1 is 1.43 bits per heavy atom. The second kappa shape index (κ2) is 7.43. The molecule has 1 N–H and O–H groups in total. The lowest BCUT2D eigenvalue weighted by Gasteiger charge is -2.18. The van der Waals surface area contributed by atoms with Gasteiger partial charge in [0.1, 0.15) is 11.8 Å². The highest BCUT2D eigenvalue weighted by Crippen LogP contribution is 2.22. The number of aromatic nitrogens is 2. The zero-order valence-corrected chi connectivity index (χ0v) is 13.5. The normalized spacial score (nSPS) is 17.7. The molecule has 0 saturated carbocycles. The van der Waals surface area contributed by atoms with E-state index in [-0.39, 0.29) is 12.4 Å². The van der Waals surface area contributed by atoms with E-state index in [2.05, 4.69) is 10.1 Å². The number of hydrogen-bond acceptors (Lipinski definition) is 6. The van der Waals surface area contributed by atoms with Crippen molar-refractivity contribution in [3.8, 4) is 17.1 Å². The van der Waals surface area contributed by atoms with Crippen LogP contribution < -0.4 is 4.74 Å². The molecule has 2 heterocycles. The van der Waals surface area contributed by atoms with E-state index in [1.54, 1.807) is 7.11 Å². The number of carboxylic acids is 1. The van der Waals surface area contributed by atoms with Crippen LogP contribution in [0, 0.1) is 0 Å². The molecule has 0 amide bonds. The average Bonchev–Trinajstić information content (AvgIpc) is 3.17. The Balaban J connectivity index is 0.00000192. The zero-order valence-electron chi connectivity index (χ0n) is 12.6. The van der Waals surface area contributed by atoms with Crippen LogP contribution in [0.4, 0.5) is 0 Å². The molecule has 7 nitrogen and oxygen atoms in total. The molecule has 1 fully saturated rings. The van der Waals surface area contributed by atoms with Gasteiger partial charge in [-0.2, -0.15) is 4.98 Å². The topological polar surface area (TPSA) is 88.7 Å². The first-order valence-corrected chi connectivity index (χ1v) is 7.11. The third-order valence-electron chi connectivity index (χ3n) is 3.80. The van der Waals surface area contributed by atoms with E-state index in [0.29, 0.717) is 24.7 Å². The number of hydrogen-bond donors (Lipinski definition) is 1. The van der Waals surface area contributed by atoms with Crippen LogP contribution in [0.5, 0.6) is 5.75 Å². The van der Waals surface area contributed by atoms with Crippen LogP contribution in [0.3, 0.4) is 0 Å². The van der Waals surface area contributed by atoms with E-state index in [1.807, 2.05) is 29.2 Å². The molecule has 1 aromatic carbocycles. The first-order chi connectivity index (χ1) is 10.7. The van der Waals surface area contributed by atoms with Crippen LogP contribution in [0.15, 0.2) is 28.8 Å². The molecule has 0 bridgehead atoms. The van der Waals surface area contributed by atoms with E-state index in [9.17, 15) is 9.90 Å². The largest absolute Gasteiger partial charge is 0.497 e. The van der Waals surface area contributed by atoms with Gasteiger partial charge in [0.25, 0.3) is 0 Å². The molecule has 23 heavy (non-hydrogen) atoms. The smallest absolute Gasteiger partial charge is 0.320 e. The van der Waals surface area contributed by atoms with Crippen molar-refractivity contribution >= 4 is 18.4 Å². The number of likely N-dealkylation sites (tertiary alicyclic amines) is 1. The predicted molar refractivity (Wildman–Crippen MR) is 84.6 cm³/mol. The van der Waals surface area contributed by atoms with Crippen LogP contribution in [-0.2, 0) is 11.3 Å². The fourth-order valence-electron chi connectivity index (χ4n) is 2.65. The van der Waals surface area contributed by atoms with Crippen molar-refractivity contribution in [3.63, 3.8) is 0 Å². The first kappa shape index (κ1) is 17.2. The standard InChI is InChI=1S/C15H17N3O4.ClH/c1-21-11-6-4-10(5-7-11)14-16-13(22-17-14)9-18-8-2-3-12(18)15(19)20;/h4-7,12H,2-3,8-9H2,1H3,(H,19,20);1H/t12-;/m0./s1. The van der Waals surface area contributed by atoms with Crippen LogP contribution >= 0.6 is 12.4 Å². The first-order valence-electron chi connectivity index (χ1n) is 7.11. The zero-order chi connectivity index (χ0) is 15.5. The summed E-state index contributed by atoms with van der Waals surface area (Å²) in [5, 5.41) is 13.1. The van der Waals surface area contributed by atoms with Crippen molar-refractivity contribution in [2.75, 3.05) is 13.7 Å². The summed E-state index contributed by atoms with van der Waals surface area (Å²) in [4.78, 5) is 17.4. The van der Waals surface area contributed by atoms with Gasteiger partial charge >= 0.3 is 5.97 Å². The Morgan fingerprint density at radius 3 is 2.83 bits per heavy atom. The van der Waals surface area contributed by atoms with Crippen LogP contribution in [0.25, 0.3) is 11.4 Å². The van der Waals surface area contributed by atoms with Crippen molar-refractivity contribution in [2.24, 2.45) is 0 Å². The fourth-order valence-corrected chi connectivity index (χ4v) is 2.65. The number of benzene rings is 1. The predicted octanol–water partition coefficient (Wildman–Crippen LogP) is 2.22. The Labute approximate surface area is 139 Å². The van der Waals surface area contributed by atoms with Gasteiger partial charge in [0.15, 0.2) is 0 Å². The maximum Gasteiger partial charge on any atom is 0.320 e. The summed E-state index contributed by atoms with van der Waals surface area (Å²) in [6, 6.07) is 6.89. The van der Waals surface area contributed by atoms with Gasteiger partial charge in [-0.25, -0.2) is 0 Å². The van der Waals surface area contributed by atoms with Gasteiger partial charge < -0.3 is 14.4 Å². The van der Waals surface area contributed by atoms with E-state index in [4.69, 9.17) is 9.26 Å². The molecule has 0 unspecified atom stereocenters. The van der Waals surface area contributed by atoms with Crippen molar-refractivity contribution < 1.29 is 19.2 Å². The molecule has 3 rings (SSSR count). The van der Waals surface area contributed by atoms with Crippen LogP contribution in [0.1, 0.15) is 18.7 Å². The van der Waals surface area contributed by atoms with E-state index >= 15 is 0 Å². The number of halogens is 1. The lowest BCUT2D eigenvalue weighted by atomic mass is 10.2. The molecule has 1 saturated heterocycles. The van der Waals surface area contributed by atoms with Gasteiger partial charge in [-0.15, -0.1) is 12.4 Å². The molecular weight excluding hydrogens is 322 g/mol. The third-order valence-corrected chi connectivity index (χ3v) is 3.80. The quantitative estimate of drug-likeness (QED) is 0.893. The SMILES string of the molecule is COc1ccc(-c2noc(CN3CCC[C@H]3C(=O)O)n2)cc1.Cl. The van der Waals surface area contributed by atoms with Crippen molar-refractivity contribution in [2.45, 2.75) is 25.4 Å². The summed E-state index contributed by atoms with van der Waals surface area (Å²) in [7, 11) is 1.61. The monoisotopic (exact) mass is 339 g/mol. The molecule has 124 valence electrons. The van der Waals surface area contributed by atoms with E-state index in [1.165, 1.54) is 0 Å². The fraction of sp³-hybridized carbons (Fsp3) is 0.400. The second-order valence-corrected chi connectivity index (χ2v) is 5.21. The maximum absolute atomic E-state index is 11.2. The molecule has 1 aromatic heterocycles. The molecule has 0 spiro atoms. The number of methoxy groups -OCH3 is 1. The minimum atomic E-state index is -0.799. The lowest BCUT2D eigenvalue weighted by Crippen LogP contribution is -2.35. The maximum atomic E-state index is 11.2. The van der Waals surface area contributed by atoms with Gasteiger partial charge in [0, 0.05) is 5.56 Å². The minimum absolute atomic E-state index is 0. The molecule has 0 radical (unpaired) electrons. The Hall–Kier alpha value is -2.12. The van der Waals surface area contributed by atoms with Gasteiger partial charge in [-0.1, -0.05) is 5.16 Å². The molecule has 8 heteroatoms. The number of nitrogens with zero attached hydrogens (tertiary/aromatic N) is 3. The third kappa shape index (κ3) is 3.80. The van der Waals surface area contributed by atoms with Crippen LogP contribution in [0.2, 0.25) is 0 Å². The molecule has 1 atom stereocenters. The van der Waals surface area contributed by atoms with Gasteiger partial charge in [-0.05, 0) is 43.7 Å². The Morgan fingerprint density at radius 2 is 2.17 bits per heavy atom. The number of rotatable bonds is 5. The molecule has 0 aliphatic carbocycles. The molecule has 2 aromatic rings. The summed E-state index contributed by atoms with van der Waals surface area (Å²) in [6.07, 6.45) is 1.53. The summed E-state index contributed by atoms with van der Waals surface area (Å²) in [5.74, 6) is 0.879. The van der Waals surface area contributed by atoms with E-state index < -0.39 is 12.0 Å². The minimum Gasteiger partial charge on any atom is -0.497 e. The number of aliphatic carboxylic acids is 1. The van der Waals surface area contributed by atoms with Crippen molar-refractivity contribution in [3.05, 3.63) is 30.2 Å². The van der Waals surface area contributed by atoms with Gasteiger partial charge in [-0.3, -0.25) is 9.69 Å². The highest BCUT2D eigenvalue weighted by Gasteiger charge is 2.31. The highest BCUT2D eigenvalue weighted by atomic mass is 35.5. The number of carbonyl (C=O) groups is 1. The highest BCUT2D eigenvalue weighted by molar-refractivity contribution is 5.85.